The first-order valence-electron chi connectivity index (χ1n) is 5.13. The molecule has 0 bridgehead atoms. The Labute approximate surface area is 85.5 Å². The van der Waals surface area contributed by atoms with Gasteiger partial charge in [-0.2, -0.15) is 0 Å². The largest absolute Gasteiger partial charge is 0.364 e. The average molecular weight is 197 g/mol. The van der Waals surface area contributed by atoms with Crippen LogP contribution >= 0.6 is 0 Å². The first-order chi connectivity index (χ1) is 6.69. The van der Waals surface area contributed by atoms with Crippen LogP contribution in [0.1, 0.15) is 19.8 Å². The minimum atomic E-state index is -0.298. The Kier molecular flexibility index (Phi) is 4.14. The lowest BCUT2D eigenvalue weighted by Gasteiger charge is -2.14. The number of likely N-dealkylation sites (N-methyl/N-ethyl adjacent to an activating group) is 1. The highest BCUT2D eigenvalue weighted by atomic mass is 16.5. The van der Waals surface area contributed by atoms with Crippen molar-refractivity contribution < 1.29 is 9.53 Å². The summed E-state index contributed by atoms with van der Waals surface area (Å²) in [5.41, 5.74) is 0. The molecule has 1 saturated carbocycles. The van der Waals surface area contributed by atoms with Crippen molar-refractivity contribution in [1.82, 2.24) is 5.32 Å². The van der Waals surface area contributed by atoms with Crippen molar-refractivity contribution in [2.45, 2.75) is 25.9 Å². The molecule has 3 heteroatoms. The molecule has 1 rings (SSSR count). The Morgan fingerprint density at radius 1 is 1.79 bits per heavy atom. The van der Waals surface area contributed by atoms with Crippen molar-refractivity contribution in [2.75, 3.05) is 13.7 Å². The number of ether oxygens (including phenoxy) is 1. The van der Waals surface area contributed by atoms with E-state index in [1.165, 1.54) is 6.42 Å². The Balaban J connectivity index is 2.35. The zero-order chi connectivity index (χ0) is 10.6. The normalized spacial score (nSPS) is 26.7. The molecule has 1 aliphatic carbocycles. The summed E-state index contributed by atoms with van der Waals surface area (Å²) >= 11 is 0. The van der Waals surface area contributed by atoms with E-state index in [1.807, 2.05) is 0 Å². The molecule has 1 amide bonds. The molecule has 3 atom stereocenters. The van der Waals surface area contributed by atoms with Crippen LogP contribution in [0.5, 0.6) is 0 Å². The minimum Gasteiger partial charge on any atom is -0.364 e. The Bertz CT molecular complexity index is 215. The molecule has 0 aromatic heterocycles. The maximum Gasteiger partial charge on any atom is 0.248 e. The molecule has 3 unspecified atom stereocenters. The number of hydrogen-bond donors (Lipinski definition) is 1. The van der Waals surface area contributed by atoms with E-state index in [0.29, 0.717) is 12.5 Å². The maximum absolute atomic E-state index is 11.4. The predicted molar refractivity (Wildman–Crippen MR) is 55.9 cm³/mol. The van der Waals surface area contributed by atoms with Crippen LogP contribution in [-0.4, -0.2) is 25.7 Å². The van der Waals surface area contributed by atoms with Gasteiger partial charge in [-0.05, 0) is 24.7 Å². The molecule has 0 spiro atoms. The molecule has 0 saturated heterocycles. The fourth-order valence-electron chi connectivity index (χ4n) is 1.60. The highest BCUT2D eigenvalue weighted by Crippen LogP contribution is 2.41. The summed E-state index contributed by atoms with van der Waals surface area (Å²) in [4.78, 5) is 11.4. The lowest BCUT2D eigenvalue weighted by Crippen LogP contribution is -2.34. The fourth-order valence-corrected chi connectivity index (χ4v) is 1.60. The van der Waals surface area contributed by atoms with Crippen molar-refractivity contribution >= 4 is 5.91 Å². The molecule has 1 aliphatic rings. The molecule has 80 valence electrons. The number of carbonyl (C=O) groups excluding carboxylic acids is 1. The van der Waals surface area contributed by atoms with Gasteiger partial charge in [-0.3, -0.25) is 4.79 Å². The Morgan fingerprint density at radius 3 is 2.86 bits per heavy atom. The Hall–Kier alpha value is -0.830. The van der Waals surface area contributed by atoms with Crippen molar-refractivity contribution in [1.29, 1.82) is 0 Å². The first kappa shape index (κ1) is 11.2. The van der Waals surface area contributed by atoms with Crippen LogP contribution in [0.3, 0.4) is 0 Å². The van der Waals surface area contributed by atoms with E-state index in [1.54, 1.807) is 13.1 Å². The zero-order valence-corrected chi connectivity index (χ0v) is 8.95. The van der Waals surface area contributed by atoms with Gasteiger partial charge in [0, 0.05) is 7.05 Å². The SMILES string of the molecule is C=CCOC(CC1CC1C)C(=O)NC. The monoisotopic (exact) mass is 197 g/mol. The summed E-state index contributed by atoms with van der Waals surface area (Å²) in [5, 5.41) is 2.62. The third kappa shape index (κ3) is 3.14. The van der Waals surface area contributed by atoms with E-state index in [0.717, 1.165) is 12.3 Å². The number of amides is 1. The second-order valence-electron chi connectivity index (χ2n) is 3.93. The van der Waals surface area contributed by atoms with Crippen molar-refractivity contribution in [3.63, 3.8) is 0 Å². The van der Waals surface area contributed by atoms with E-state index in [2.05, 4.69) is 18.8 Å². The highest BCUT2D eigenvalue weighted by Gasteiger charge is 2.36. The molecule has 1 N–H and O–H groups in total. The second-order valence-corrected chi connectivity index (χ2v) is 3.93. The van der Waals surface area contributed by atoms with Crippen LogP contribution in [0.2, 0.25) is 0 Å². The van der Waals surface area contributed by atoms with Crippen LogP contribution < -0.4 is 5.32 Å². The summed E-state index contributed by atoms with van der Waals surface area (Å²) in [6.07, 6.45) is 3.44. The van der Waals surface area contributed by atoms with E-state index >= 15 is 0 Å². The summed E-state index contributed by atoms with van der Waals surface area (Å²) in [5.74, 6) is 1.41. The van der Waals surface area contributed by atoms with Crippen LogP contribution in [0.4, 0.5) is 0 Å². The molecular weight excluding hydrogens is 178 g/mol. The molecule has 3 nitrogen and oxygen atoms in total. The summed E-state index contributed by atoms with van der Waals surface area (Å²) < 4.78 is 5.41. The van der Waals surface area contributed by atoms with Gasteiger partial charge < -0.3 is 10.1 Å². The molecule has 0 radical (unpaired) electrons. The molecule has 0 heterocycles. The van der Waals surface area contributed by atoms with Gasteiger partial charge in [0.25, 0.3) is 0 Å². The number of hydrogen-bond acceptors (Lipinski definition) is 2. The van der Waals surface area contributed by atoms with Gasteiger partial charge in [0.2, 0.25) is 5.91 Å². The third-order valence-corrected chi connectivity index (χ3v) is 2.75. The van der Waals surface area contributed by atoms with Crippen LogP contribution in [0.25, 0.3) is 0 Å². The molecule has 0 aliphatic heterocycles. The third-order valence-electron chi connectivity index (χ3n) is 2.75. The van der Waals surface area contributed by atoms with Gasteiger partial charge in [-0.25, -0.2) is 0 Å². The van der Waals surface area contributed by atoms with E-state index in [9.17, 15) is 4.79 Å². The van der Waals surface area contributed by atoms with Crippen molar-refractivity contribution in [3.8, 4) is 0 Å². The van der Waals surface area contributed by atoms with Crippen molar-refractivity contribution in [3.05, 3.63) is 12.7 Å². The van der Waals surface area contributed by atoms with Crippen molar-refractivity contribution in [2.24, 2.45) is 11.8 Å². The van der Waals surface area contributed by atoms with Crippen LogP contribution in [-0.2, 0) is 9.53 Å². The van der Waals surface area contributed by atoms with Gasteiger partial charge in [0.05, 0.1) is 6.61 Å². The second kappa shape index (κ2) is 5.15. The average Bonchev–Trinajstić information content (AvgIpc) is 2.87. The topological polar surface area (TPSA) is 38.3 Å². The van der Waals surface area contributed by atoms with Gasteiger partial charge in [0.15, 0.2) is 0 Å². The van der Waals surface area contributed by atoms with Gasteiger partial charge in [-0.15, -0.1) is 6.58 Å². The summed E-state index contributed by atoms with van der Waals surface area (Å²) in [6, 6.07) is 0. The van der Waals surface area contributed by atoms with Crippen LogP contribution in [0, 0.1) is 11.8 Å². The standard InChI is InChI=1S/C11H19NO2/c1-4-5-14-10(11(13)12-3)7-9-6-8(9)2/h4,8-10H,1,5-7H2,2-3H3,(H,12,13). The lowest BCUT2D eigenvalue weighted by atomic mass is 10.1. The number of nitrogens with one attached hydrogen (secondary N) is 1. The number of rotatable bonds is 6. The lowest BCUT2D eigenvalue weighted by molar-refractivity contribution is -0.132. The minimum absolute atomic E-state index is 0.0223. The van der Waals surface area contributed by atoms with Gasteiger partial charge in [0.1, 0.15) is 6.10 Å². The first-order valence-corrected chi connectivity index (χ1v) is 5.13. The van der Waals surface area contributed by atoms with Gasteiger partial charge in [-0.1, -0.05) is 13.0 Å². The number of carbonyl (C=O) groups is 1. The maximum atomic E-state index is 11.4. The predicted octanol–water partition coefficient (Wildman–Crippen LogP) is 1.35. The Morgan fingerprint density at radius 2 is 2.43 bits per heavy atom. The molecular formula is C11H19NO2. The van der Waals surface area contributed by atoms with Gasteiger partial charge >= 0.3 is 0 Å². The molecule has 0 aromatic carbocycles. The smallest absolute Gasteiger partial charge is 0.248 e. The summed E-state index contributed by atoms with van der Waals surface area (Å²) in [6.45, 7) is 6.22. The van der Waals surface area contributed by atoms with E-state index in [4.69, 9.17) is 4.74 Å². The zero-order valence-electron chi connectivity index (χ0n) is 8.95. The van der Waals surface area contributed by atoms with E-state index in [-0.39, 0.29) is 12.0 Å². The quantitative estimate of drug-likeness (QED) is 0.653. The fraction of sp³-hybridized carbons (Fsp3) is 0.727. The van der Waals surface area contributed by atoms with Crippen LogP contribution in [0.15, 0.2) is 12.7 Å². The molecule has 0 aromatic rings. The highest BCUT2D eigenvalue weighted by molar-refractivity contribution is 5.80. The van der Waals surface area contributed by atoms with E-state index < -0.39 is 0 Å². The molecule has 1 fully saturated rings. The molecule has 14 heavy (non-hydrogen) atoms. The summed E-state index contributed by atoms with van der Waals surface area (Å²) in [7, 11) is 1.64.